The molecule has 28 heavy (non-hydrogen) atoms. The number of carbonyl (C=O) groups excluding carboxylic acids is 1. The maximum atomic E-state index is 13.4. The summed E-state index contributed by atoms with van der Waals surface area (Å²) >= 11 is 0. The van der Waals surface area contributed by atoms with E-state index in [1.54, 1.807) is 6.08 Å². The summed E-state index contributed by atoms with van der Waals surface area (Å²) in [5.41, 5.74) is 2.10. The zero-order valence-corrected chi connectivity index (χ0v) is 15.0. The van der Waals surface area contributed by atoms with Gasteiger partial charge in [0.05, 0.1) is 11.1 Å². The molecule has 3 aromatic rings. The van der Waals surface area contributed by atoms with Crippen LogP contribution in [0.15, 0.2) is 60.7 Å². The van der Waals surface area contributed by atoms with Gasteiger partial charge in [-0.1, -0.05) is 60.7 Å². The Balaban J connectivity index is 2.06. The molecule has 3 aromatic carbocycles. The molecule has 142 valence electrons. The predicted octanol–water partition coefficient (Wildman–Crippen LogP) is 6.37. The van der Waals surface area contributed by atoms with Crippen molar-refractivity contribution >= 4 is 18.4 Å². The highest BCUT2D eigenvalue weighted by molar-refractivity contribution is 5.83. The summed E-state index contributed by atoms with van der Waals surface area (Å²) in [6.45, 7) is 1.90. The first-order chi connectivity index (χ1) is 13.3. The number of phenols is 1. The molecule has 0 heterocycles. The molecule has 0 atom stereocenters. The number of halogens is 3. The second-order valence-electron chi connectivity index (χ2n) is 6.33. The van der Waals surface area contributed by atoms with Crippen LogP contribution >= 0.6 is 0 Å². The van der Waals surface area contributed by atoms with Crippen molar-refractivity contribution in [2.24, 2.45) is 0 Å². The number of aldehydes is 1. The topological polar surface area (TPSA) is 37.3 Å². The molecule has 0 saturated heterocycles. The molecule has 5 heteroatoms. The molecule has 1 N–H and O–H groups in total. The van der Waals surface area contributed by atoms with Crippen LogP contribution in [-0.4, -0.2) is 11.4 Å². The average Bonchev–Trinajstić information content (AvgIpc) is 2.67. The molecule has 0 fully saturated rings. The Kier molecular flexibility index (Phi) is 5.36. The molecule has 0 bridgehead atoms. The second-order valence-corrected chi connectivity index (χ2v) is 6.33. The SMILES string of the molecule is Cc1c(/C=C/c2cc(O)c(C=O)cc2C(F)(F)F)cccc1-c1ccccc1. The molecule has 0 spiro atoms. The minimum absolute atomic E-state index is 0.200. The highest BCUT2D eigenvalue weighted by Crippen LogP contribution is 2.36. The maximum absolute atomic E-state index is 13.4. The zero-order chi connectivity index (χ0) is 20.3. The quantitative estimate of drug-likeness (QED) is 0.420. The maximum Gasteiger partial charge on any atom is 0.417 e. The fourth-order valence-electron chi connectivity index (χ4n) is 3.04. The number of hydrogen-bond acceptors (Lipinski definition) is 2. The van der Waals surface area contributed by atoms with Gasteiger partial charge in [-0.3, -0.25) is 4.79 Å². The highest BCUT2D eigenvalue weighted by Gasteiger charge is 2.33. The minimum atomic E-state index is -4.65. The van der Waals surface area contributed by atoms with Gasteiger partial charge in [-0.25, -0.2) is 0 Å². The molecular weight excluding hydrogens is 365 g/mol. The fourth-order valence-corrected chi connectivity index (χ4v) is 3.04. The van der Waals surface area contributed by atoms with Crippen molar-refractivity contribution in [3.63, 3.8) is 0 Å². The summed E-state index contributed by atoms with van der Waals surface area (Å²) < 4.78 is 40.1. The Morgan fingerprint density at radius 1 is 0.857 bits per heavy atom. The van der Waals surface area contributed by atoms with Gasteiger partial charge in [0.1, 0.15) is 5.75 Å². The third kappa shape index (κ3) is 3.98. The first-order valence-corrected chi connectivity index (χ1v) is 8.54. The van der Waals surface area contributed by atoms with Crippen molar-refractivity contribution in [3.8, 4) is 16.9 Å². The van der Waals surface area contributed by atoms with Gasteiger partial charge in [-0.05, 0) is 46.9 Å². The molecule has 0 saturated carbocycles. The van der Waals surface area contributed by atoms with Crippen LogP contribution in [0.5, 0.6) is 5.75 Å². The van der Waals surface area contributed by atoms with E-state index in [-0.39, 0.29) is 11.8 Å². The lowest BCUT2D eigenvalue weighted by atomic mass is 9.95. The number of carbonyl (C=O) groups is 1. The van der Waals surface area contributed by atoms with Gasteiger partial charge in [0.25, 0.3) is 0 Å². The Morgan fingerprint density at radius 3 is 2.18 bits per heavy atom. The number of rotatable bonds is 4. The van der Waals surface area contributed by atoms with Crippen LogP contribution in [0.2, 0.25) is 0 Å². The molecule has 0 unspecified atom stereocenters. The van der Waals surface area contributed by atoms with Gasteiger partial charge in [0.2, 0.25) is 0 Å². The van der Waals surface area contributed by atoms with Gasteiger partial charge in [0.15, 0.2) is 6.29 Å². The molecule has 2 nitrogen and oxygen atoms in total. The summed E-state index contributed by atoms with van der Waals surface area (Å²) in [4.78, 5) is 10.9. The zero-order valence-electron chi connectivity index (χ0n) is 15.0. The van der Waals surface area contributed by atoms with E-state index in [0.717, 1.165) is 28.3 Å². The third-order valence-electron chi connectivity index (χ3n) is 4.53. The van der Waals surface area contributed by atoms with Crippen LogP contribution in [-0.2, 0) is 6.18 Å². The summed E-state index contributed by atoms with van der Waals surface area (Å²) in [6, 6.07) is 16.9. The van der Waals surface area contributed by atoms with E-state index in [4.69, 9.17) is 0 Å². The molecule has 0 aliphatic carbocycles. The van der Waals surface area contributed by atoms with Gasteiger partial charge in [-0.15, -0.1) is 0 Å². The standard InChI is InChI=1S/C23H17F3O2/c1-15-16(8-5-9-20(15)17-6-3-2-4-7-17)10-11-18-13-22(28)19(14-27)12-21(18)23(24,25)26/h2-14,28H,1H3/b11-10+. The van der Waals surface area contributed by atoms with E-state index in [9.17, 15) is 23.1 Å². The van der Waals surface area contributed by atoms with Crippen molar-refractivity contribution in [2.45, 2.75) is 13.1 Å². The molecule has 0 aromatic heterocycles. The summed E-state index contributed by atoms with van der Waals surface area (Å²) in [5.74, 6) is -0.489. The monoisotopic (exact) mass is 382 g/mol. The Morgan fingerprint density at radius 2 is 1.54 bits per heavy atom. The molecule has 3 rings (SSSR count). The van der Waals surface area contributed by atoms with Crippen LogP contribution in [0.1, 0.15) is 32.6 Å². The highest BCUT2D eigenvalue weighted by atomic mass is 19.4. The van der Waals surface area contributed by atoms with E-state index in [1.165, 1.54) is 6.08 Å². The summed E-state index contributed by atoms with van der Waals surface area (Å²) in [7, 11) is 0. The largest absolute Gasteiger partial charge is 0.507 e. The van der Waals surface area contributed by atoms with Crippen molar-refractivity contribution in [1.29, 1.82) is 0 Å². The first-order valence-electron chi connectivity index (χ1n) is 8.54. The van der Waals surface area contributed by atoms with Crippen LogP contribution in [0.3, 0.4) is 0 Å². The van der Waals surface area contributed by atoms with Gasteiger partial charge in [-0.2, -0.15) is 13.2 Å². The lowest BCUT2D eigenvalue weighted by Gasteiger charge is -2.13. The minimum Gasteiger partial charge on any atom is -0.507 e. The van der Waals surface area contributed by atoms with E-state index < -0.39 is 23.1 Å². The third-order valence-corrected chi connectivity index (χ3v) is 4.53. The molecule has 0 amide bonds. The van der Waals surface area contributed by atoms with Crippen molar-refractivity contribution in [1.82, 2.24) is 0 Å². The van der Waals surface area contributed by atoms with Crippen LogP contribution < -0.4 is 0 Å². The molecule has 0 aliphatic rings. The predicted molar refractivity (Wildman–Crippen MR) is 104 cm³/mol. The van der Waals surface area contributed by atoms with E-state index in [1.807, 2.05) is 55.5 Å². The lowest BCUT2D eigenvalue weighted by molar-refractivity contribution is -0.137. The van der Waals surface area contributed by atoms with Crippen LogP contribution in [0.4, 0.5) is 13.2 Å². The van der Waals surface area contributed by atoms with E-state index in [0.29, 0.717) is 6.07 Å². The Labute approximate surface area is 160 Å². The van der Waals surface area contributed by atoms with Crippen LogP contribution in [0, 0.1) is 6.92 Å². The van der Waals surface area contributed by atoms with Crippen LogP contribution in [0.25, 0.3) is 23.3 Å². The molecular formula is C23H17F3O2. The lowest BCUT2D eigenvalue weighted by Crippen LogP contribution is -2.08. The fraction of sp³-hybridized carbons (Fsp3) is 0.0870. The molecule has 0 radical (unpaired) electrons. The van der Waals surface area contributed by atoms with E-state index in [2.05, 4.69) is 0 Å². The number of alkyl halides is 3. The normalized spacial score (nSPS) is 11.7. The Bertz CT molecular complexity index is 1040. The van der Waals surface area contributed by atoms with Crippen molar-refractivity contribution in [2.75, 3.05) is 0 Å². The second kappa shape index (κ2) is 7.72. The number of hydrogen-bond donors (Lipinski definition) is 1. The van der Waals surface area contributed by atoms with Crippen molar-refractivity contribution in [3.05, 3.63) is 88.5 Å². The number of benzene rings is 3. The number of phenolic OH excluding ortho intramolecular Hbond substituents is 1. The van der Waals surface area contributed by atoms with Gasteiger partial charge < -0.3 is 5.11 Å². The summed E-state index contributed by atoms with van der Waals surface area (Å²) in [6.07, 6.45) is -1.57. The average molecular weight is 382 g/mol. The molecule has 0 aliphatic heterocycles. The van der Waals surface area contributed by atoms with E-state index >= 15 is 0 Å². The van der Waals surface area contributed by atoms with Gasteiger partial charge in [0, 0.05) is 0 Å². The smallest absolute Gasteiger partial charge is 0.417 e. The number of aromatic hydroxyl groups is 1. The van der Waals surface area contributed by atoms with Gasteiger partial charge >= 0.3 is 6.18 Å². The van der Waals surface area contributed by atoms with Crippen molar-refractivity contribution < 1.29 is 23.1 Å². The Hall–Kier alpha value is -3.34. The summed E-state index contributed by atoms with van der Waals surface area (Å²) in [5, 5.41) is 9.79. The first kappa shape index (κ1) is 19.4.